The third-order valence-electron chi connectivity index (χ3n) is 7.65. The van der Waals surface area contributed by atoms with E-state index in [0.717, 1.165) is 22.3 Å². The maximum absolute atomic E-state index is 13.8. The molecule has 0 aliphatic carbocycles. The number of aromatic hydroxyl groups is 1. The van der Waals surface area contributed by atoms with Gasteiger partial charge in [-0.05, 0) is 93.4 Å². The molecule has 0 fully saturated rings. The fourth-order valence-electron chi connectivity index (χ4n) is 5.09. The van der Waals surface area contributed by atoms with Gasteiger partial charge in [-0.2, -0.15) is 0 Å². The van der Waals surface area contributed by atoms with Crippen molar-refractivity contribution >= 4 is 23.6 Å². The van der Waals surface area contributed by atoms with E-state index in [-0.39, 0.29) is 25.0 Å². The lowest BCUT2D eigenvalue weighted by atomic mass is 9.95. The molecule has 0 spiro atoms. The summed E-state index contributed by atoms with van der Waals surface area (Å²) in [5.41, 5.74) is 31.4. The summed E-state index contributed by atoms with van der Waals surface area (Å²) in [5.74, 6) is -2.39. The first-order valence-corrected chi connectivity index (χ1v) is 15.6. The van der Waals surface area contributed by atoms with Crippen molar-refractivity contribution in [3.05, 3.63) is 64.7 Å². The normalized spacial score (nSPS) is 13.8. The molecule has 2 aromatic rings. The van der Waals surface area contributed by atoms with Gasteiger partial charge >= 0.3 is 0 Å². The second-order valence-corrected chi connectivity index (χ2v) is 11.6. The maximum Gasteiger partial charge on any atom is 0.243 e. The van der Waals surface area contributed by atoms with Crippen LogP contribution in [0.1, 0.15) is 54.4 Å². The van der Waals surface area contributed by atoms with Gasteiger partial charge in [-0.15, -0.1) is 0 Å². The number of benzene rings is 2. The zero-order valence-corrected chi connectivity index (χ0v) is 26.8. The van der Waals surface area contributed by atoms with Crippen LogP contribution in [-0.4, -0.2) is 72.3 Å². The Hall–Kier alpha value is -4.08. The summed E-state index contributed by atoms with van der Waals surface area (Å²) < 4.78 is 0. The molecule has 0 heterocycles. The topological polar surface area (TPSA) is 267 Å². The fraction of sp³-hybridized carbons (Fsp3) is 0.500. The Morgan fingerprint density at radius 3 is 1.93 bits per heavy atom. The van der Waals surface area contributed by atoms with Gasteiger partial charge in [0.25, 0.3) is 0 Å². The molecule has 15 N–H and O–H groups in total. The first kappa shape index (κ1) is 38.1. The lowest BCUT2D eigenvalue weighted by molar-refractivity contribution is -0.133. The standard InChI is InChI=1S/C32H51N9O5/c1-19-15-22(42)16-20(2)23(19)18-27(41-29(44)24(34)11-8-14-38-32(36)37)31(46)39-25(12-6-7-13-33)30(45)40-26(28(35)43)17-21-9-4-3-5-10-21/h3-5,9-10,15-16,24-27,32,38,42H,6-8,11-14,17-18,33-34,36-37H2,1-2H3,(H2,35,43)(H,39,46)(H,40,45)(H,41,44)/t24-,25+,26+,27+/m1/s1. The molecule has 4 amide bonds. The van der Waals surface area contributed by atoms with Crippen LogP contribution in [0.15, 0.2) is 42.5 Å². The van der Waals surface area contributed by atoms with Crippen LogP contribution in [0.25, 0.3) is 0 Å². The molecule has 0 radical (unpaired) electrons. The van der Waals surface area contributed by atoms with Gasteiger partial charge in [0.2, 0.25) is 23.6 Å². The number of phenols is 1. The number of unbranched alkanes of at least 4 members (excludes halogenated alkanes) is 1. The molecule has 14 heteroatoms. The predicted octanol–water partition coefficient (Wildman–Crippen LogP) is -1.24. The van der Waals surface area contributed by atoms with E-state index < -0.39 is 54.1 Å². The van der Waals surface area contributed by atoms with E-state index in [0.29, 0.717) is 38.8 Å². The van der Waals surface area contributed by atoms with Crippen LogP contribution in [0.2, 0.25) is 0 Å². The molecule has 254 valence electrons. The summed E-state index contributed by atoms with van der Waals surface area (Å²) in [6, 6.07) is 8.14. The monoisotopic (exact) mass is 641 g/mol. The van der Waals surface area contributed by atoms with Crippen molar-refractivity contribution in [3.63, 3.8) is 0 Å². The van der Waals surface area contributed by atoms with Crippen LogP contribution < -0.4 is 49.9 Å². The third kappa shape index (κ3) is 13.1. The van der Waals surface area contributed by atoms with Gasteiger partial charge < -0.3 is 49.7 Å². The summed E-state index contributed by atoms with van der Waals surface area (Å²) in [5, 5.41) is 21.1. The van der Waals surface area contributed by atoms with Crippen molar-refractivity contribution < 1.29 is 24.3 Å². The van der Waals surface area contributed by atoms with Crippen molar-refractivity contribution in [2.45, 2.75) is 89.3 Å². The van der Waals surface area contributed by atoms with E-state index in [9.17, 15) is 24.3 Å². The predicted molar refractivity (Wildman–Crippen MR) is 177 cm³/mol. The Kier molecular flexibility index (Phi) is 16.1. The van der Waals surface area contributed by atoms with Gasteiger partial charge in [-0.25, -0.2) is 0 Å². The van der Waals surface area contributed by atoms with Gasteiger partial charge in [-0.1, -0.05) is 30.3 Å². The number of carbonyl (C=O) groups excluding carboxylic acids is 4. The Morgan fingerprint density at radius 1 is 0.761 bits per heavy atom. The van der Waals surface area contributed by atoms with Crippen molar-refractivity contribution in [3.8, 4) is 5.75 Å². The second kappa shape index (κ2) is 19.4. The molecule has 0 saturated heterocycles. The van der Waals surface area contributed by atoms with Crippen LogP contribution in [-0.2, 0) is 32.0 Å². The number of carbonyl (C=O) groups is 4. The van der Waals surface area contributed by atoms with Crippen LogP contribution in [0.5, 0.6) is 5.75 Å². The number of hydrogen-bond acceptors (Lipinski definition) is 10. The number of hydrogen-bond donors (Lipinski definition) is 10. The fourth-order valence-corrected chi connectivity index (χ4v) is 5.09. The molecule has 2 rings (SSSR count). The minimum absolute atomic E-state index is 0.0703. The molecule has 0 aliphatic rings. The number of aryl methyl sites for hydroxylation is 2. The molecular formula is C32H51N9O5. The Balaban J connectivity index is 2.28. The summed E-state index contributed by atoms with van der Waals surface area (Å²) in [4.78, 5) is 52.8. The van der Waals surface area contributed by atoms with Crippen LogP contribution in [0.3, 0.4) is 0 Å². The molecule has 46 heavy (non-hydrogen) atoms. The van der Waals surface area contributed by atoms with Crippen molar-refractivity contribution in [2.75, 3.05) is 13.1 Å². The van der Waals surface area contributed by atoms with Crippen LogP contribution in [0.4, 0.5) is 0 Å². The second-order valence-electron chi connectivity index (χ2n) is 11.6. The zero-order valence-electron chi connectivity index (χ0n) is 26.8. The summed E-state index contributed by atoms with van der Waals surface area (Å²) >= 11 is 0. The van der Waals surface area contributed by atoms with Gasteiger partial charge in [0.05, 0.1) is 6.04 Å². The number of nitrogens with two attached hydrogens (primary N) is 5. The Labute approximate surface area is 270 Å². The third-order valence-corrected chi connectivity index (χ3v) is 7.65. The summed E-state index contributed by atoms with van der Waals surface area (Å²) in [6.45, 7) is 4.42. The lowest BCUT2D eigenvalue weighted by Gasteiger charge is -2.26. The minimum atomic E-state index is -1.11. The highest BCUT2D eigenvalue weighted by molar-refractivity contribution is 5.94. The molecule has 0 saturated carbocycles. The minimum Gasteiger partial charge on any atom is -0.508 e. The number of nitrogens with one attached hydrogen (secondary N) is 4. The smallest absolute Gasteiger partial charge is 0.243 e. The van der Waals surface area contributed by atoms with E-state index >= 15 is 0 Å². The highest BCUT2D eigenvalue weighted by Crippen LogP contribution is 2.22. The molecule has 14 nitrogen and oxygen atoms in total. The van der Waals surface area contributed by atoms with Crippen molar-refractivity contribution in [1.29, 1.82) is 0 Å². The van der Waals surface area contributed by atoms with Crippen LogP contribution in [0, 0.1) is 13.8 Å². The quantitative estimate of drug-likeness (QED) is 0.0607. The highest BCUT2D eigenvalue weighted by Gasteiger charge is 2.30. The molecule has 0 bridgehead atoms. The van der Waals surface area contributed by atoms with E-state index in [2.05, 4.69) is 21.3 Å². The molecule has 0 unspecified atom stereocenters. The average molecular weight is 642 g/mol. The van der Waals surface area contributed by atoms with Gasteiger partial charge in [-0.3, -0.25) is 24.5 Å². The first-order chi connectivity index (χ1) is 21.8. The van der Waals surface area contributed by atoms with E-state index in [1.807, 2.05) is 30.3 Å². The maximum atomic E-state index is 13.8. The van der Waals surface area contributed by atoms with Gasteiger partial charge in [0.15, 0.2) is 0 Å². The summed E-state index contributed by atoms with van der Waals surface area (Å²) in [7, 11) is 0. The highest BCUT2D eigenvalue weighted by atomic mass is 16.3. The SMILES string of the molecule is Cc1cc(O)cc(C)c1C[C@H](NC(=O)[C@H](N)CCCNC(N)N)C(=O)N[C@@H](CCCCN)C(=O)N[C@@H](Cc1ccccc1)C(N)=O. The van der Waals surface area contributed by atoms with E-state index in [1.54, 1.807) is 26.0 Å². The lowest BCUT2D eigenvalue weighted by Crippen LogP contribution is -2.58. The Bertz CT molecular complexity index is 1270. The largest absolute Gasteiger partial charge is 0.508 e. The van der Waals surface area contributed by atoms with Crippen molar-refractivity contribution in [1.82, 2.24) is 21.3 Å². The van der Waals surface area contributed by atoms with Crippen LogP contribution >= 0.6 is 0 Å². The van der Waals surface area contributed by atoms with Gasteiger partial charge in [0, 0.05) is 12.8 Å². The number of phenolic OH excluding ortho intramolecular Hbond substituents is 1. The van der Waals surface area contributed by atoms with Crippen molar-refractivity contribution in [2.24, 2.45) is 28.7 Å². The van der Waals surface area contributed by atoms with Gasteiger partial charge in [0.1, 0.15) is 30.2 Å². The van der Waals surface area contributed by atoms with E-state index in [1.165, 1.54) is 0 Å². The average Bonchev–Trinajstić information content (AvgIpc) is 2.99. The number of primary amides is 1. The van der Waals surface area contributed by atoms with E-state index in [4.69, 9.17) is 28.7 Å². The first-order valence-electron chi connectivity index (χ1n) is 15.6. The number of amides is 4. The molecule has 4 atom stereocenters. The molecule has 2 aromatic carbocycles. The molecule has 0 aliphatic heterocycles. The Morgan fingerprint density at radius 2 is 1.35 bits per heavy atom. The summed E-state index contributed by atoms with van der Waals surface area (Å²) in [6.07, 6.45) is 1.73. The molecule has 0 aromatic heterocycles. The zero-order chi connectivity index (χ0) is 34.2. The molecular weight excluding hydrogens is 590 g/mol. The number of rotatable bonds is 20.